The van der Waals surface area contributed by atoms with Gasteiger partial charge in [-0.2, -0.15) is 0 Å². The molecule has 6 heteroatoms. The molecule has 3 aromatic rings. The molecule has 1 aliphatic heterocycles. The summed E-state index contributed by atoms with van der Waals surface area (Å²) < 4.78 is 7.34. The maximum atomic E-state index is 12.2. The van der Waals surface area contributed by atoms with Crippen LogP contribution in [-0.4, -0.2) is 11.9 Å². The second kappa shape index (κ2) is 6.41. The summed E-state index contributed by atoms with van der Waals surface area (Å²) in [5.74, 6) is -0.213. The van der Waals surface area contributed by atoms with Gasteiger partial charge in [-0.3, -0.25) is 0 Å². The van der Waals surface area contributed by atoms with Crippen molar-refractivity contribution in [3.63, 3.8) is 0 Å². The molecule has 1 aromatic heterocycles. The molecular formula is C19H11BrClNO2S. The van der Waals surface area contributed by atoms with E-state index in [4.69, 9.17) is 16.3 Å². The predicted molar refractivity (Wildman–Crippen MR) is 106 cm³/mol. The maximum absolute atomic E-state index is 12.2. The fourth-order valence-corrected chi connectivity index (χ4v) is 4.52. The SMILES string of the molecule is Cc1ccc2c(Cl)c(C3=N/C(=C/c4cccc(Br)c4)C(=O)O3)sc2c1. The van der Waals surface area contributed by atoms with Crippen LogP contribution in [0.3, 0.4) is 0 Å². The standard InChI is InChI=1S/C19H11BrClNO2S/c1-10-5-6-13-15(7-10)25-17(16(13)21)18-22-14(19(23)24-18)9-11-3-2-4-12(20)8-11/h2-9H,1H3/b14-9+. The topological polar surface area (TPSA) is 38.7 Å². The molecule has 4 rings (SSSR count). The molecule has 25 heavy (non-hydrogen) atoms. The van der Waals surface area contributed by atoms with Gasteiger partial charge in [0.1, 0.15) is 4.88 Å². The first-order chi connectivity index (χ1) is 12.0. The van der Waals surface area contributed by atoms with Crippen molar-refractivity contribution in [2.45, 2.75) is 6.92 Å². The molecule has 0 radical (unpaired) electrons. The summed E-state index contributed by atoms with van der Waals surface area (Å²) in [6, 6.07) is 13.7. The highest BCUT2D eigenvalue weighted by atomic mass is 79.9. The van der Waals surface area contributed by atoms with Crippen LogP contribution in [0.25, 0.3) is 16.2 Å². The molecule has 1 aliphatic rings. The molecule has 0 spiro atoms. The summed E-state index contributed by atoms with van der Waals surface area (Å²) >= 11 is 11.4. The van der Waals surface area contributed by atoms with Crippen molar-refractivity contribution in [3.8, 4) is 0 Å². The maximum Gasteiger partial charge on any atom is 0.363 e. The highest BCUT2D eigenvalue weighted by Crippen LogP contribution is 2.37. The van der Waals surface area contributed by atoms with Crippen LogP contribution in [0.4, 0.5) is 0 Å². The van der Waals surface area contributed by atoms with E-state index in [2.05, 4.69) is 27.0 Å². The molecule has 0 saturated heterocycles. The smallest absolute Gasteiger partial charge is 0.363 e. The number of rotatable bonds is 2. The van der Waals surface area contributed by atoms with Crippen molar-refractivity contribution in [1.82, 2.24) is 0 Å². The minimum Gasteiger partial charge on any atom is -0.401 e. The van der Waals surface area contributed by atoms with Gasteiger partial charge < -0.3 is 4.74 Å². The van der Waals surface area contributed by atoms with Crippen LogP contribution in [-0.2, 0) is 9.53 Å². The van der Waals surface area contributed by atoms with Crippen molar-refractivity contribution >= 4 is 66.9 Å². The summed E-state index contributed by atoms with van der Waals surface area (Å²) in [7, 11) is 0. The van der Waals surface area contributed by atoms with Gasteiger partial charge >= 0.3 is 5.97 Å². The summed E-state index contributed by atoms with van der Waals surface area (Å²) in [6.07, 6.45) is 1.70. The third kappa shape index (κ3) is 3.15. The van der Waals surface area contributed by atoms with Gasteiger partial charge in [-0.25, -0.2) is 9.79 Å². The highest BCUT2D eigenvalue weighted by molar-refractivity contribution is 9.10. The van der Waals surface area contributed by atoms with Gasteiger partial charge in [-0.15, -0.1) is 11.3 Å². The van der Waals surface area contributed by atoms with Crippen LogP contribution < -0.4 is 0 Å². The molecular weight excluding hydrogens is 422 g/mol. The number of carbonyl (C=O) groups is 1. The van der Waals surface area contributed by atoms with Crippen molar-refractivity contribution in [3.05, 3.63) is 73.7 Å². The second-order valence-corrected chi connectivity index (χ2v) is 7.98. The Morgan fingerprint density at radius 3 is 2.88 bits per heavy atom. The molecule has 0 aliphatic carbocycles. The van der Waals surface area contributed by atoms with E-state index >= 15 is 0 Å². The van der Waals surface area contributed by atoms with E-state index in [9.17, 15) is 4.79 Å². The number of aryl methyl sites for hydroxylation is 1. The fraction of sp³-hybridized carbons (Fsp3) is 0.0526. The lowest BCUT2D eigenvalue weighted by Crippen LogP contribution is -2.04. The molecule has 124 valence electrons. The number of nitrogens with zero attached hydrogens (tertiary/aromatic N) is 1. The average Bonchev–Trinajstić information content (AvgIpc) is 3.08. The monoisotopic (exact) mass is 431 g/mol. The van der Waals surface area contributed by atoms with Gasteiger partial charge in [-0.1, -0.05) is 51.8 Å². The molecule has 0 fully saturated rings. The quantitative estimate of drug-likeness (QED) is 0.369. The number of cyclic esters (lactones) is 1. The van der Waals surface area contributed by atoms with Gasteiger partial charge in [0.2, 0.25) is 5.90 Å². The third-order valence-corrected chi connectivity index (χ3v) is 5.89. The molecule has 0 N–H and O–H groups in total. The Labute approximate surface area is 161 Å². The van der Waals surface area contributed by atoms with E-state index in [1.165, 1.54) is 11.3 Å². The first-order valence-corrected chi connectivity index (χ1v) is 9.47. The summed E-state index contributed by atoms with van der Waals surface area (Å²) in [6.45, 7) is 2.03. The number of carbonyl (C=O) groups excluding carboxylic acids is 1. The van der Waals surface area contributed by atoms with E-state index < -0.39 is 5.97 Å². The summed E-state index contributed by atoms with van der Waals surface area (Å²) in [5.41, 5.74) is 2.28. The van der Waals surface area contributed by atoms with Gasteiger partial charge in [0.05, 0.1) is 5.02 Å². The Bertz CT molecular complexity index is 1080. The number of esters is 1. The Kier molecular flexibility index (Phi) is 4.23. The number of hydrogen-bond donors (Lipinski definition) is 0. The zero-order valence-electron chi connectivity index (χ0n) is 13.0. The number of fused-ring (bicyclic) bond motifs is 1. The van der Waals surface area contributed by atoms with E-state index in [-0.39, 0.29) is 11.6 Å². The minimum atomic E-state index is -0.473. The summed E-state index contributed by atoms with van der Waals surface area (Å²) in [5, 5.41) is 1.51. The Balaban J connectivity index is 1.77. The number of benzene rings is 2. The van der Waals surface area contributed by atoms with Crippen molar-refractivity contribution in [2.75, 3.05) is 0 Å². The lowest BCUT2D eigenvalue weighted by Gasteiger charge is -1.96. The van der Waals surface area contributed by atoms with Crippen LogP contribution in [0, 0.1) is 6.92 Å². The third-order valence-electron chi connectivity index (χ3n) is 3.75. The minimum absolute atomic E-state index is 0.259. The van der Waals surface area contributed by atoms with Crippen LogP contribution in [0.15, 0.2) is 57.6 Å². The molecule has 0 unspecified atom stereocenters. The molecule has 2 heterocycles. The highest BCUT2D eigenvalue weighted by Gasteiger charge is 2.27. The zero-order chi connectivity index (χ0) is 17.6. The average molecular weight is 433 g/mol. The fourth-order valence-electron chi connectivity index (χ4n) is 2.57. The number of thiophene rings is 1. The molecule has 0 bridgehead atoms. The summed E-state index contributed by atoms with van der Waals surface area (Å²) in [4.78, 5) is 17.2. The Hall–Kier alpha value is -1.95. The lowest BCUT2D eigenvalue weighted by atomic mass is 10.2. The van der Waals surface area contributed by atoms with Gasteiger partial charge in [0, 0.05) is 14.6 Å². The van der Waals surface area contributed by atoms with Crippen LogP contribution >= 0.6 is 38.9 Å². The van der Waals surface area contributed by atoms with Gasteiger partial charge in [0.15, 0.2) is 5.70 Å². The van der Waals surface area contributed by atoms with Gasteiger partial charge in [0.25, 0.3) is 0 Å². The van der Waals surface area contributed by atoms with Crippen LogP contribution in [0.5, 0.6) is 0 Å². The lowest BCUT2D eigenvalue weighted by molar-refractivity contribution is -0.129. The molecule has 0 atom stereocenters. The van der Waals surface area contributed by atoms with E-state index in [0.29, 0.717) is 9.90 Å². The predicted octanol–water partition coefficient (Wildman–Crippen LogP) is 5.97. The Morgan fingerprint density at radius 1 is 1.24 bits per heavy atom. The van der Waals surface area contributed by atoms with E-state index in [1.54, 1.807) is 6.08 Å². The zero-order valence-corrected chi connectivity index (χ0v) is 16.2. The largest absolute Gasteiger partial charge is 0.401 e. The number of aliphatic imine (C=N–C) groups is 1. The Morgan fingerprint density at radius 2 is 2.08 bits per heavy atom. The molecule has 0 saturated carbocycles. The van der Waals surface area contributed by atoms with Crippen molar-refractivity contribution in [1.29, 1.82) is 0 Å². The molecule has 0 amide bonds. The van der Waals surface area contributed by atoms with Crippen molar-refractivity contribution < 1.29 is 9.53 Å². The van der Waals surface area contributed by atoms with Crippen LogP contribution in [0.2, 0.25) is 5.02 Å². The van der Waals surface area contributed by atoms with E-state index in [0.717, 1.165) is 25.7 Å². The van der Waals surface area contributed by atoms with Gasteiger partial charge in [-0.05, 0) is 42.3 Å². The second-order valence-electron chi connectivity index (χ2n) is 5.64. The molecule has 2 aromatic carbocycles. The number of halogens is 2. The first-order valence-electron chi connectivity index (χ1n) is 7.48. The first kappa shape index (κ1) is 16.5. The van der Waals surface area contributed by atoms with Crippen LogP contribution in [0.1, 0.15) is 16.0 Å². The number of hydrogen-bond acceptors (Lipinski definition) is 4. The number of ether oxygens (including phenoxy) is 1. The van der Waals surface area contributed by atoms with E-state index in [1.807, 2.05) is 43.3 Å². The molecule has 3 nitrogen and oxygen atoms in total. The normalized spacial score (nSPS) is 15.7. The van der Waals surface area contributed by atoms with Crippen molar-refractivity contribution in [2.24, 2.45) is 4.99 Å².